The highest BCUT2D eigenvalue weighted by molar-refractivity contribution is 5.83. The van der Waals surface area contributed by atoms with E-state index in [4.69, 9.17) is 0 Å². The molecule has 1 aromatic heterocycles. The number of rotatable bonds is 7. The van der Waals surface area contributed by atoms with E-state index in [9.17, 15) is 14.7 Å². The van der Waals surface area contributed by atoms with Crippen LogP contribution in [0.2, 0.25) is 0 Å². The number of likely N-dealkylation sites (N-methyl/N-ethyl adjacent to an activating group) is 1. The average Bonchev–Trinajstić information content (AvgIpc) is 2.95. The van der Waals surface area contributed by atoms with Crippen LogP contribution in [0.1, 0.15) is 17.7 Å². The van der Waals surface area contributed by atoms with E-state index in [1.165, 1.54) is 4.90 Å². The molecular weight excluding hydrogens is 294 g/mol. The van der Waals surface area contributed by atoms with Crippen LogP contribution in [0.4, 0.5) is 0 Å². The molecule has 23 heavy (non-hydrogen) atoms. The number of carbonyl (C=O) groups is 2. The molecule has 0 aliphatic carbocycles. The first-order chi connectivity index (χ1) is 11.0. The summed E-state index contributed by atoms with van der Waals surface area (Å²) in [6.07, 6.45) is 2.77. The zero-order chi connectivity index (χ0) is 16.8. The average molecular weight is 315 g/mol. The third kappa shape index (κ3) is 4.42. The number of aryl methyl sites for hydroxylation is 2. The van der Waals surface area contributed by atoms with Crippen molar-refractivity contribution in [3.05, 3.63) is 53.9 Å². The normalized spacial score (nSPS) is 11.9. The first-order valence-electron chi connectivity index (χ1n) is 7.48. The Morgan fingerprint density at radius 2 is 1.96 bits per heavy atom. The molecule has 2 rings (SSSR count). The van der Waals surface area contributed by atoms with Crippen LogP contribution in [0.25, 0.3) is 0 Å². The first-order valence-corrected chi connectivity index (χ1v) is 7.48. The second kappa shape index (κ2) is 7.58. The van der Waals surface area contributed by atoms with Gasteiger partial charge in [-0.1, -0.05) is 30.3 Å². The quantitative estimate of drug-likeness (QED) is 0.840. The molecule has 0 saturated carbocycles. The van der Waals surface area contributed by atoms with E-state index in [1.54, 1.807) is 17.9 Å². The molecule has 0 bridgehead atoms. The maximum atomic E-state index is 12.3. The van der Waals surface area contributed by atoms with E-state index in [2.05, 4.69) is 5.10 Å². The Kier molecular flexibility index (Phi) is 5.51. The van der Waals surface area contributed by atoms with Crippen LogP contribution in [0, 0.1) is 0 Å². The number of aromatic nitrogens is 2. The van der Waals surface area contributed by atoms with E-state index in [1.807, 2.05) is 43.4 Å². The Labute approximate surface area is 135 Å². The van der Waals surface area contributed by atoms with Crippen molar-refractivity contribution in [2.75, 3.05) is 7.05 Å². The van der Waals surface area contributed by atoms with Gasteiger partial charge < -0.3 is 10.0 Å². The third-order valence-corrected chi connectivity index (χ3v) is 3.94. The molecule has 0 spiro atoms. The Bertz CT molecular complexity index is 667. The fraction of sp³-hybridized carbons (Fsp3) is 0.353. The van der Waals surface area contributed by atoms with E-state index < -0.39 is 12.0 Å². The minimum atomic E-state index is -0.995. The molecule has 1 amide bonds. The van der Waals surface area contributed by atoms with Gasteiger partial charge in [0.25, 0.3) is 0 Å². The standard InChI is InChI=1S/C17H21N3O3/c1-19(16(21)9-8-14-10-11-18-20(14)2)15(17(22)23)12-13-6-4-3-5-7-13/h3-7,10-11,15H,8-9,12H2,1-2H3,(H,22,23). The minimum absolute atomic E-state index is 0.186. The molecule has 0 aliphatic heterocycles. The maximum Gasteiger partial charge on any atom is 0.326 e. The highest BCUT2D eigenvalue weighted by Gasteiger charge is 2.26. The third-order valence-electron chi connectivity index (χ3n) is 3.94. The zero-order valence-electron chi connectivity index (χ0n) is 13.3. The Morgan fingerprint density at radius 1 is 1.26 bits per heavy atom. The molecule has 122 valence electrons. The molecular formula is C17H21N3O3. The van der Waals surface area contributed by atoms with Gasteiger partial charge in [0.1, 0.15) is 6.04 Å². The van der Waals surface area contributed by atoms with Crippen LogP contribution in [-0.2, 0) is 29.5 Å². The van der Waals surface area contributed by atoms with E-state index in [0.717, 1.165) is 11.3 Å². The van der Waals surface area contributed by atoms with Crippen molar-refractivity contribution >= 4 is 11.9 Å². The highest BCUT2D eigenvalue weighted by Crippen LogP contribution is 2.11. The molecule has 0 aliphatic rings. The van der Waals surface area contributed by atoms with Gasteiger partial charge in [0.2, 0.25) is 5.91 Å². The van der Waals surface area contributed by atoms with Crippen LogP contribution < -0.4 is 0 Å². The summed E-state index contributed by atoms with van der Waals surface area (Å²) >= 11 is 0. The van der Waals surface area contributed by atoms with Gasteiger partial charge >= 0.3 is 5.97 Å². The van der Waals surface area contributed by atoms with Crippen molar-refractivity contribution in [1.29, 1.82) is 0 Å². The number of aliphatic carboxylic acids is 1. The fourth-order valence-electron chi connectivity index (χ4n) is 2.46. The molecule has 0 saturated heterocycles. The van der Waals surface area contributed by atoms with Gasteiger partial charge in [-0.05, 0) is 18.1 Å². The predicted octanol–water partition coefficient (Wildman–Crippen LogP) is 1.51. The molecule has 1 heterocycles. The number of carboxylic acids is 1. The molecule has 1 aromatic carbocycles. The van der Waals surface area contributed by atoms with Crippen molar-refractivity contribution in [1.82, 2.24) is 14.7 Å². The summed E-state index contributed by atoms with van der Waals surface area (Å²) in [5, 5.41) is 13.5. The molecule has 1 N–H and O–H groups in total. The summed E-state index contributed by atoms with van der Waals surface area (Å²) in [4.78, 5) is 25.2. The van der Waals surface area contributed by atoms with Crippen LogP contribution in [0.3, 0.4) is 0 Å². The van der Waals surface area contributed by atoms with E-state index in [-0.39, 0.29) is 12.3 Å². The van der Waals surface area contributed by atoms with Crippen molar-refractivity contribution < 1.29 is 14.7 Å². The highest BCUT2D eigenvalue weighted by atomic mass is 16.4. The number of carboxylic acid groups (broad SMARTS) is 1. The number of hydrogen-bond donors (Lipinski definition) is 1. The lowest BCUT2D eigenvalue weighted by Crippen LogP contribution is -2.44. The van der Waals surface area contributed by atoms with Crippen LogP contribution in [0.5, 0.6) is 0 Å². The fourth-order valence-corrected chi connectivity index (χ4v) is 2.46. The topological polar surface area (TPSA) is 75.4 Å². The number of benzene rings is 1. The lowest BCUT2D eigenvalue weighted by atomic mass is 10.0. The number of carbonyl (C=O) groups excluding carboxylic acids is 1. The van der Waals surface area contributed by atoms with Gasteiger partial charge in [-0.2, -0.15) is 5.10 Å². The summed E-state index contributed by atoms with van der Waals surface area (Å²) < 4.78 is 1.71. The monoisotopic (exact) mass is 315 g/mol. The predicted molar refractivity (Wildman–Crippen MR) is 85.9 cm³/mol. The Morgan fingerprint density at radius 3 is 2.52 bits per heavy atom. The number of amides is 1. The zero-order valence-corrected chi connectivity index (χ0v) is 13.3. The van der Waals surface area contributed by atoms with Gasteiger partial charge in [0, 0.05) is 38.8 Å². The molecule has 2 aromatic rings. The molecule has 6 nitrogen and oxygen atoms in total. The van der Waals surface area contributed by atoms with E-state index >= 15 is 0 Å². The number of hydrogen-bond acceptors (Lipinski definition) is 3. The second-order valence-corrected chi connectivity index (χ2v) is 5.49. The van der Waals surface area contributed by atoms with Crippen molar-refractivity contribution in [2.45, 2.75) is 25.3 Å². The molecule has 0 fully saturated rings. The smallest absolute Gasteiger partial charge is 0.326 e. The molecule has 1 unspecified atom stereocenters. The Balaban J connectivity index is 1.99. The van der Waals surface area contributed by atoms with Crippen molar-refractivity contribution in [3.63, 3.8) is 0 Å². The van der Waals surface area contributed by atoms with Crippen LogP contribution >= 0.6 is 0 Å². The summed E-state index contributed by atoms with van der Waals surface area (Å²) in [5.74, 6) is -1.18. The van der Waals surface area contributed by atoms with Crippen LogP contribution in [0.15, 0.2) is 42.6 Å². The van der Waals surface area contributed by atoms with E-state index in [0.29, 0.717) is 12.8 Å². The Hall–Kier alpha value is -2.63. The first kappa shape index (κ1) is 16.7. The summed E-state index contributed by atoms with van der Waals surface area (Å²) in [6.45, 7) is 0. The van der Waals surface area contributed by atoms with Gasteiger partial charge in [-0.15, -0.1) is 0 Å². The van der Waals surface area contributed by atoms with Crippen molar-refractivity contribution in [3.8, 4) is 0 Å². The van der Waals surface area contributed by atoms with Crippen molar-refractivity contribution in [2.24, 2.45) is 7.05 Å². The van der Waals surface area contributed by atoms with Gasteiger partial charge in [-0.3, -0.25) is 9.48 Å². The minimum Gasteiger partial charge on any atom is -0.480 e. The molecule has 0 radical (unpaired) electrons. The SMILES string of the molecule is CN(C(=O)CCc1ccnn1C)C(Cc1ccccc1)C(=O)O. The lowest BCUT2D eigenvalue weighted by Gasteiger charge is -2.25. The molecule has 6 heteroatoms. The maximum absolute atomic E-state index is 12.3. The molecule has 1 atom stereocenters. The van der Waals surface area contributed by atoms with Gasteiger partial charge in [-0.25, -0.2) is 4.79 Å². The number of nitrogens with zero attached hydrogens (tertiary/aromatic N) is 3. The second-order valence-electron chi connectivity index (χ2n) is 5.49. The summed E-state index contributed by atoms with van der Waals surface area (Å²) in [5.41, 5.74) is 1.84. The largest absolute Gasteiger partial charge is 0.480 e. The summed E-state index contributed by atoms with van der Waals surface area (Å²) in [6, 6.07) is 10.3. The lowest BCUT2D eigenvalue weighted by molar-refractivity contribution is -0.149. The van der Waals surface area contributed by atoms with Gasteiger partial charge in [0.15, 0.2) is 0 Å². The van der Waals surface area contributed by atoms with Crippen LogP contribution in [-0.4, -0.2) is 44.8 Å². The van der Waals surface area contributed by atoms with Gasteiger partial charge in [0.05, 0.1) is 0 Å². The summed E-state index contributed by atoms with van der Waals surface area (Å²) in [7, 11) is 3.37.